The molecule has 1 amide bonds. The smallest absolute Gasteiger partial charge is 0.266 e. The van der Waals surface area contributed by atoms with Gasteiger partial charge >= 0.3 is 0 Å². The van der Waals surface area contributed by atoms with Crippen molar-refractivity contribution in [3.8, 4) is 16.9 Å². The van der Waals surface area contributed by atoms with Crippen molar-refractivity contribution in [1.82, 2.24) is 10.9 Å². The molecule has 0 radical (unpaired) electrons. The third kappa shape index (κ3) is 9.25. The number of hydrogen-bond acceptors (Lipinski definition) is 7. The van der Waals surface area contributed by atoms with Crippen LogP contribution in [0.5, 0.6) is 5.75 Å². The van der Waals surface area contributed by atoms with Crippen molar-refractivity contribution >= 4 is 39.5 Å². The second kappa shape index (κ2) is 17.6. The van der Waals surface area contributed by atoms with E-state index in [4.69, 9.17) is 19.6 Å². The molecule has 0 bridgehead atoms. The average molecular weight is 769 g/mol. The van der Waals surface area contributed by atoms with Crippen molar-refractivity contribution in [1.29, 1.82) is 0 Å². The Labute approximate surface area is 310 Å². The summed E-state index contributed by atoms with van der Waals surface area (Å²) in [4.78, 5) is 19.7. The summed E-state index contributed by atoms with van der Waals surface area (Å²) in [5.74, 6) is 1.89. The molecule has 3 N–H and O–H groups in total. The summed E-state index contributed by atoms with van der Waals surface area (Å²) < 4.78 is 26.6. The Hall–Kier alpha value is -4.48. The third-order valence-electron chi connectivity index (χ3n) is 8.52. The van der Waals surface area contributed by atoms with Crippen molar-refractivity contribution in [2.45, 2.75) is 30.2 Å². The van der Waals surface area contributed by atoms with Crippen molar-refractivity contribution in [2.24, 2.45) is 4.99 Å². The molecule has 0 saturated heterocycles. The quantitative estimate of drug-likeness (QED) is 0.0695. The lowest BCUT2D eigenvalue weighted by molar-refractivity contribution is -0.130. The van der Waals surface area contributed by atoms with Gasteiger partial charge in [-0.3, -0.25) is 10.2 Å². The SMILES string of the molecule is O=C(NNCCSCc1ccc(F)cc1)[C@@]1(Cc2ccccc2Br)N=C(c2ccc(OCCCO)cc2)O[C@H]1c1ccc(-c2ccccc2)cc1. The van der Waals surface area contributed by atoms with Gasteiger partial charge in [-0.15, -0.1) is 0 Å². The first-order chi connectivity index (χ1) is 24.9. The summed E-state index contributed by atoms with van der Waals surface area (Å²) in [7, 11) is 0. The van der Waals surface area contributed by atoms with E-state index in [1.165, 1.54) is 12.1 Å². The number of carbonyl (C=O) groups excluding carboxylic acids is 1. The lowest BCUT2D eigenvalue weighted by Gasteiger charge is -2.31. The molecule has 0 unspecified atom stereocenters. The maximum absolute atomic E-state index is 14.6. The molecule has 6 rings (SSSR count). The zero-order valence-electron chi connectivity index (χ0n) is 27.9. The normalized spacial score (nSPS) is 16.7. The number of aliphatic hydroxyl groups is 1. The fraction of sp³-hybridized carbons (Fsp3) is 0.220. The predicted octanol–water partition coefficient (Wildman–Crippen LogP) is 8.07. The fourth-order valence-electron chi connectivity index (χ4n) is 5.84. The molecule has 5 aromatic rings. The first-order valence-corrected chi connectivity index (χ1v) is 18.7. The molecule has 0 spiro atoms. The van der Waals surface area contributed by atoms with Crippen LogP contribution in [0.4, 0.5) is 4.39 Å². The first-order valence-electron chi connectivity index (χ1n) is 16.8. The Bertz CT molecular complexity index is 1910. The highest BCUT2D eigenvalue weighted by Gasteiger charge is 2.53. The van der Waals surface area contributed by atoms with E-state index in [2.05, 4.69) is 38.9 Å². The molecule has 0 aromatic heterocycles. The van der Waals surface area contributed by atoms with E-state index in [0.717, 1.165) is 43.8 Å². The maximum atomic E-state index is 14.6. The van der Waals surface area contributed by atoms with Gasteiger partial charge in [-0.25, -0.2) is 14.8 Å². The summed E-state index contributed by atoms with van der Waals surface area (Å²) >= 11 is 5.38. The molecule has 5 aromatic carbocycles. The van der Waals surface area contributed by atoms with E-state index in [0.29, 0.717) is 36.8 Å². The Balaban J connectivity index is 1.29. The Morgan fingerprint density at radius 1 is 0.882 bits per heavy atom. The van der Waals surface area contributed by atoms with Gasteiger partial charge < -0.3 is 14.6 Å². The van der Waals surface area contributed by atoms with E-state index in [-0.39, 0.29) is 24.8 Å². The van der Waals surface area contributed by atoms with E-state index >= 15 is 0 Å². The average Bonchev–Trinajstić information content (AvgIpc) is 3.56. The fourth-order valence-corrected chi connectivity index (χ4v) is 7.08. The highest BCUT2D eigenvalue weighted by atomic mass is 79.9. The monoisotopic (exact) mass is 767 g/mol. The summed E-state index contributed by atoms with van der Waals surface area (Å²) in [6.45, 7) is 0.970. The second-order valence-corrected chi connectivity index (χ2v) is 14.1. The van der Waals surface area contributed by atoms with Crippen LogP contribution < -0.4 is 15.6 Å². The number of aliphatic imine (C=N–C) groups is 1. The number of aliphatic hydroxyl groups excluding tert-OH is 1. The number of hydrazine groups is 1. The molecule has 7 nitrogen and oxygen atoms in total. The Kier molecular flexibility index (Phi) is 12.6. The standard InChI is InChI=1S/C41H39BrFN3O4S/c42-37-10-5-4-9-34(37)27-41(40(48)46-44-23-26-51-28-29-11-19-35(43)20-12-29)38(32-15-13-31(14-16-32)30-7-2-1-3-8-30)50-39(45-41)33-17-21-36(22-18-33)49-25-6-24-47/h1-5,7-22,38,44,47H,6,23-28H2,(H,46,48)/t38-,41-/m0/s1. The molecule has 1 heterocycles. The van der Waals surface area contributed by atoms with Gasteiger partial charge in [0.15, 0.2) is 11.6 Å². The number of carbonyl (C=O) groups is 1. The Morgan fingerprint density at radius 2 is 1.57 bits per heavy atom. The number of nitrogens with zero attached hydrogens (tertiary/aromatic N) is 1. The Morgan fingerprint density at radius 3 is 2.29 bits per heavy atom. The van der Waals surface area contributed by atoms with Crippen molar-refractivity contribution in [2.75, 3.05) is 25.5 Å². The molecular formula is C41H39BrFN3O4S. The number of halogens is 2. The van der Waals surface area contributed by atoms with Crippen LogP contribution in [0.2, 0.25) is 0 Å². The van der Waals surface area contributed by atoms with Crippen LogP contribution in [-0.4, -0.2) is 48.0 Å². The summed E-state index contributed by atoms with van der Waals surface area (Å²) in [6.07, 6.45) is 0.0494. The van der Waals surface area contributed by atoms with Crippen LogP contribution >= 0.6 is 27.7 Å². The van der Waals surface area contributed by atoms with Gasteiger partial charge in [0.05, 0.1) is 6.61 Å². The minimum atomic E-state index is -1.38. The van der Waals surface area contributed by atoms with Crippen LogP contribution in [0.25, 0.3) is 11.1 Å². The summed E-state index contributed by atoms with van der Waals surface area (Å²) in [6, 6.07) is 39.9. The number of benzene rings is 5. The number of thioether (sulfide) groups is 1. The molecule has 51 heavy (non-hydrogen) atoms. The summed E-state index contributed by atoms with van der Waals surface area (Å²) in [5.41, 5.74) is 10.3. The van der Waals surface area contributed by atoms with Crippen LogP contribution in [0.3, 0.4) is 0 Å². The van der Waals surface area contributed by atoms with Crippen LogP contribution in [0.1, 0.15) is 34.8 Å². The molecule has 2 atom stereocenters. The van der Waals surface area contributed by atoms with Gasteiger partial charge in [0.2, 0.25) is 5.90 Å². The zero-order chi connectivity index (χ0) is 35.5. The molecule has 0 fully saturated rings. The third-order valence-corrected chi connectivity index (χ3v) is 10.3. The van der Waals surface area contributed by atoms with E-state index < -0.39 is 11.6 Å². The zero-order valence-corrected chi connectivity index (χ0v) is 30.3. The van der Waals surface area contributed by atoms with Gasteiger partial charge in [0, 0.05) is 47.5 Å². The van der Waals surface area contributed by atoms with Gasteiger partial charge in [0.1, 0.15) is 11.6 Å². The number of hydrogen-bond donors (Lipinski definition) is 3. The van der Waals surface area contributed by atoms with Gasteiger partial charge in [0.25, 0.3) is 5.91 Å². The summed E-state index contributed by atoms with van der Waals surface area (Å²) in [5, 5.41) is 9.12. The molecule has 0 aliphatic carbocycles. The van der Waals surface area contributed by atoms with Crippen molar-refractivity contribution in [3.05, 3.63) is 160 Å². The van der Waals surface area contributed by atoms with Crippen molar-refractivity contribution in [3.63, 3.8) is 0 Å². The molecule has 262 valence electrons. The predicted molar refractivity (Wildman–Crippen MR) is 205 cm³/mol. The van der Waals surface area contributed by atoms with E-state index in [1.807, 2.05) is 91.0 Å². The molecule has 10 heteroatoms. The van der Waals surface area contributed by atoms with Gasteiger partial charge in [-0.05, 0) is 70.3 Å². The largest absolute Gasteiger partial charge is 0.494 e. The van der Waals surface area contributed by atoms with Gasteiger partial charge in [-0.1, -0.05) is 101 Å². The molecule has 1 aliphatic rings. The lowest BCUT2D eigenvalue weighted by Crippen LogP contribution is -2.54. The van der Waals surface area contributed by atoms with Crippen LogP contribution in [-0.2, 0) is 21.7 Å². The van der Waals surface area contributed by atoms with Crippen LogP contribution in [0.15, 0.2) is 137 Å². The molecular weight excluding hydrogens is 729 g/mol. The number of amides is 1. The second-order valence-electron chi connectivity index (χ2n) is 12.1. The molecule has 1 aliphatic heterocycles. The number of ether oxygens (including phenoxy) is 2. The van der Waals surface area contributed by atoms with Gasteiger partial charge in [-0.2, -0.15) is 11.8 Å². The lowest BCUT2D eigenvalue weighted by atomic mass is 9.82. The minimum absolute atomic E-state index is 0.0574. The number of nitrogens with one attached hydrogen (secondary N) is 2. The topological polar surface area (TPSA) is 92.2 Å². The minimum Gasteiger partial charge on any atom is -0.494 e. The van der Waals surface area contributed by atoms with Crippen molar-refractivity contribution < 1.29 is 23.8 Å². The van der Waals surface area contributed by atoms with E-state index in [1.54, 1.807) is 23.9 Å². The highest BCUT2D eigenvalue weighted by Crippen LogP contribution is 2.43. The van der Waals surface area contributed by atoms with E-state index in [9.17, 15) is 9.18 Å². The molecule has 0 saturated carbocycles. The number of rotatable bonds is 16. The first kappa shape index (κ1) is 36.3. The maximum Gasteiger partial charge on any atom is 0.266 e. The van der Waals surface area contributed by atoms with Crippen LogP contribution in [0, 0.1) is 5.82 Å². The highest BCUT2D eigenvalue weighted by molar-refractivity contribution is 9.10.